The maximum Gasteiger partial charge on any atom is 0.233 e. The van der Waals surface area contributed by atoms with Crippen LogP contribution in [0.3, 0.4) is 0 Å². The summed E-state index contributed by atoms with van der Waals surface area (Å²) in [7, 11) is 0. The lowest BCUT2D eigenvalue weighted by molar-refractivity contribution is -0.120. The Kier molecular flexibility index (Phi) is 4.56. The van der Waals surface area contributed by atoms with Crippen LogP contribution in [0.4, 0.5) is 0 Å². The minimum absolute atomic E-state index is 0.0312. The lowest BCUT2D eigenvalue weighted by atomic mass is 10.3. The summed E-state index contributed by atoms with van der Waals surface area (Å²) in [6.45, 7) is 3.30. The summed E-state index contributed by atoms with van der Waals surface area (Å²) in [5.74, 6) is 0.110. The van der Waals surface area contributed by atoms with Crippen LogP contribution in [0.1, 0.15) is 12.6 Å². The lowest BCUT2D eigenvalue weighted by Gasteiger charge is -2.04. The van der Waals surface area contributed by atoms with Crippen LogP contribution in [0, 0.1) is 0 Å². The third kappa shape index (κ3) is 4.42. The molecule has 1 heterocycles. The number of carbonyl (C=O) groups is 1. The van der Waals surface area contributed by atoms with E-state index in [0.29, 0.717) is 13.1 Å². The van der Waals surface area contributed by atoms with Gasteiger partial charge in [0.25, 0.3) is 0 Å². The number of hydrogen-bond acceptors (Lipinski definition) is 4. The molecule has 0 aliphatic carbocycles. The number of amides is 1. The first-order valence-electron chi connectivity index (χ1n) is 4.83. The molecule has 3 N–H and O–H groups in total. The molecule has 1 amide bonds. The third-order valence-corrected chi connectivity index (χ3v) is 1.77. The smallest absolute Gasteiger partial charge is 0.233 e. The first-order chi connectivity index (χ1) is 7.22. The molecular weight excluding hydrogens is 194 g/mol. The van der Waals surface area contributed by atoms with Crippen LogP contribution in [-0.4, -0.2) is 29.1 Å². The summed E-state index contributed by atoms with van der Waals surface area (Å²) in [6, 6.07) is 3.27. The monoisotopic (exact) mass is 209 g/mol. The van der Waals surface area contributed by atoms with E-state index in [1.54, 1.807) is 12.1 Å². The van der Waals surface area contributed by atoms with Crippen molar-refractivity contribution >= 4 is 5.91 Å². The predicted molar refractivity (Wildman–Crippen MR) is 56.3 cm³/mol. The minimum Gasteiger partial charge on any atom is -0.506 e. The van der Waals surface area contributed by atoms with E-state index in [9.17, 15) is 4.79 Å². The van der Waals surface area contributed by atoms with E-state index in [-0.39, 0.29) is 18.2 Å². The summed E-state index contributed by atoms with van der Waals surface area (Å²) in [6.07, 6.45) is 1.38. The summed E-state index contributed by atoms with van der Waals surface area (Å²) in [5, 5.41) is 14.6. The average molecular weight is 209 g/mol. The maximum absolute atomic E-state index is 11.1. The normalized spacial score (nSPS) is 9.93. The highest BCUT2D eigenvalue weighted by molar-refractivity contribution is 5.77. The van der Waals surface area contributed by atoms with Crippen molar-refractivity contribution in [3.8, 4) is 5.75 Å². The van der Waals surface area contributed by atoms with Gasteiger partial charge in [0, 0.05) is 13.1 Å². The van der Waals surface area contributed by atoms with Gasteiger partial charge in [-0.2, -0.15) is 0 Å². The zero-order valence-electron chi connectivity index (χ0n) is 8.66. The van der Waals surface area contributed by atoms with Crippen molar-refractivity contribution < 1.29 is 9.90 Å². The molecule has 0 bridgehead atoms. The fourth-order valence-electron chi connectivity index (χ4n) is 1.09. The number of rotatable bonds is 5. The minimum atomic E-state index is -0.0312. The molecule has 0 fully saturated rings. The van der Waals surface area contributed by atoms with E-state index in [1.165, 1.54) is 6.20 Å². The van der Waals surface area contributed by atoms with Crippen molar-refractivity contribution in [2.75, 3.05) is 13.1 Å². The molecule has 1 aromatic heterocycles. The van der Waals surface area contributed by atoms with Crippen LogP contribution in [-0.2, 0) is 11.3 Å². The van der Waals surface area contributed by atoms with Crippen LogP contribution in [0.2, 0.25) is 0 Å². The highest BCUT2D eigenvalue weighted by Gasteiger charge is 1.99. The molecule has 0 atom stereocenters. The van der Waals surface area contributed by atoms with Gasteiger partial charge >= 0.3 is 0 Å². The lowest BCUT2D eigenvalue weighted by Crippen LogP contribution is -2.33. The first kappa shape index (κ1) is 11.5. The Hall–Kier alpha value is -1.62. The van der Waals surface area contributed by atoms with Crippen LogP contribution < -0.4 is 10.6 Å². The second kappa shape index (κ2) is 5.98. The Bertz CT molecular complexity index is 311. The number of hydrogen-bond donors (Lipinski definition) is 3. The van der Waals surface area contributed by atoms with Crippen molar-refractivity contribution in [1.29, 1.82) is 0 Å². The fraction of sp³-hybridized carbons (Fsp3) is 0.400. The number of nitrogens with zero attached hydrogens (tertiary/aromatic N) is 1. The van der Waals surface area contributed by atoms with Crippen LogP contribution in [0.25, 0.3) is 0 Å². The van der Waals surface area contributed by atoms with E-state index in [4.69, 9.17) is 5.11 Å². The second-order valence-corrected chi connectivity index (χ2v) is 3.06. The third-order valence-electron chi connectivity index (χ3n) is 1.77. The molecule has 0 radical (unpaired) electrons. The highest BCUT2D eigenvalue weighted by atomic mass is 16.3. The van der Waals surface area contributed by atoms with Crippen molar-refractivity contribution in [1.82, 2.24) is 15.6 Å². The number of aromatic nitrogens is 1. The topological polar surface area (TPSA) is 74.2 Å². The van der Waals surface area contributed by atoms with Gasteiger partial charge in [-0.05, 0) is 19.1 Å². The van der Waals surface area contributed by atoms with Crippen molar-refractivity contribution in [2.24, 2.45) is 0 Å². The maximum atomic E-state index is 11.1. The zero-order valence-corrected chi connectivity index (χ0v) is 8.66. The molecule has 1 rings (SSSR count). The van der Waals surface area contributed by atoms with E-state index in [1.807, 2.05) is 6.92 Å². The van der Waals surface area contributed by atoms with E-state index in [2.05, 4.69) is 15.6 Å². The fourth-order valence-corrected chi connectivity index (χ4v) is 1.09. The summed E-state index contributed by atoms with van der Waals surface area (Å²) in [4.78, 5) is 15.0. The molecule has 0 saturated carbocycles. The molecule has 0 aliphatic rings. The van der Waals surface area contributed by atoms with Gasteiger partial charge in [0.15, 0.2) is 0 Å². The SMILES string of the molecule is CCNC(=O)CNCc1ccc(O)cn1. The summed E-state index contributed by atoms with van der Waals surface area (Å²) >= 11 is 0. The van der Waals surface area contributed by atoms with Gasteiger partial charge in [0.1, 0.15) is 5.75 Å². The Morgan fingerprint density at radius 2 is 2.33 bits per heavy atom. The number of nitrogens with one attached hydrogen (secondary N) is 2. The molecule has 5 heteroatoms. The van der Waals surface area contributed by atoms with Crippen molar-refractivity contribution in [2.45, 2.75) is 13.5 Å². The Balaban J connectivity index is 2.26. The van der Waals surface area contributed by atoms with Gasteiger partial charge in [-0.1, -0.05) is 0 Å². The molecule has 5 nitrogen and oxygen atoms in total. The Morgan fingerprint density at radius 3 is 2.93 bits per heavy atom. The summed E-state index contributed by atoms with van der Waals surface area (Å²) in [5.41, 5.74) is 0.789. The van der Waals surface area contributed by atoms with Crippen molar-refractivity contribution in [3.63, 3.8) is 0 Å². The zero-order chi connectivity index (χ0) is 11.1. The Morgan fingerprint density at radius 1 is 1.53 bits per heavy atom. The molecule has 82 valence electrons. The summed E-state index contributed by atoms with van der Waals surface area (Å²) < 4.78 is 0. The standard InChI is InChI=1S/C10H15N3O2/c1-2-12-10(15)7-11-5-8-3-4-9(14)6-13-8/h3-4,6,11,14H,2,5,7H2,1H3,(H,12,15). The molecular formula is C10H15N3O2. The largest absolute Gasteiger partial charge is 0.506 e. The molecule has 1 aromatic rings. The van der Waals surface area contributed by atoms with Crippen molar-refractivity contribution in [3.05, 3.63) is 24.0 Å². The molecule has 15 heavy (non-hydrogen) atoms. The second-order valence-electron chi connectivity index (χ2n) is 3.06. The van der Waals surface area contributed by atoms with Gasteiger partial charge in [-0.25, -0.2) is 0 Å². The molecule has 0 spiro atoms. The van der Waals surface area contributed by atoms with Gasteiger partial charge in [-0.3, -0.25) is 9.78 Å². The molecule has 0 aliphatic heterocycles. The molecule has 0 saturated heterocycles. The first-order valence-corrected chi connectivity index (χ1v) is 4.83. The quantitative estimate of drug-likeness (QED) is 0.638. The van der Waals surface area contributed by atoms with Gasteiger partial charge in [0.05, 0.1) is 18.4 Å². The predicted octanol–water partition coefficient (Wildman–Crippen LogP) is 0.0129. The number of aromatic hydroxyl groups is 1. The molecule has 0 unspecified atom stereocenters. The van der Waals surface area contributed by atoms with Crippen LogP contribution in [0.15, 0.2) is 18.3 Å². The van der Waals surface area contributed by atoms with Crippen LogP contribution >= 0.6 is 0 Å². The Labute approximate surface area is 88.5 Å². The number of carbonyl (C=O) groups excluding carboxylic acids is 1. The van der Waals surface area contributed by atoms with E-state index in [0.717, 1.165) is 5.69 Å². The van der Waals surface area contributed by atoms with E-state index < -0.39 is 0 Å². The van der Waals surface area contributed by atoms with Gasteiger partial charge < -0.3 is 15.7 Å². The number of pyridine rings is 1. The molecule has 0 aromatic carbocycles. The van der Waals surface area contributed by atoms with E-state index >= 15 is 0 Å². The number of likely N-dealkylation sites (N-methyl/N-ethyl adjacent to an activating group) is 1. The highest BCUT2D eigenvalue weighted by Crippen LogP contribution is 2.05. The average Bonchev–Trinajstić information content (AvgIpc) is 2.21. The van der Waals surface area contributed by atoms with Gasteiger partial charge in [-0.15, -0.1) is 0 Å². The van der Waals surface area contributed by atoms with Gasteiger partial charge in [0.2, 0.25) is 5.91 Å². The van der Waals surface area contributed by atoms with Crippen LogP contribution in [0.5, 0.6) is 5.75 Å².